The zero-order valence-corrected chi connectivity index (χ0v) is 22.3. The highest BCUT2D eigenvalue weighted by atomic mass is 35.5. The Labute approximate surface area is 228 Å². The Hall–Kier alpha value is -2.61. The van der Waals surface area contributed by atoms with Crippen LogP contribution in [0.2, 0.25) is 10.0 Å². The lowest BCUT2D eigenvalue weighted by Crippen LogP contribution is -2.59. The Bertz CT molecular complexity index is 1170. The standard InChI is InChI=1S/C28H33Cl2N5O2/c29-20-6-4-5-19(13-20)15-28(24-10-9-21(30)14-25(24)34-27(28)37)35(23-7-2-1-3-8-23)17-26(36)32-12-11-22-16-31-18-33-22/h4-6,9-10,13-14,18,22-23H,1-3,7-8,11-12,15-17H2,(H,31,33)(H,32,36)(H,34,37). The van der Waals surface area contributed by atoms with E-state index in [2.05, 4.69) is 25.8 Å². The molecule has 37 heavy (non-hydrogen) atoms. The molecule has 2 aromatic rings. The van der Waals surface area contributed by atoms with Crippen LogP contribution in [0.1, 0.15) is 49.7 Å². The third-order valence-corrected chi connectivity index (χ3v) is 8.23. The first-order chi connectivity index (χ1) is 18.0. The van der Waals surface area contributed by atoms with Crippen LogP contribution in [-0.4, -0.2) is 54.8 Å². The van der Waals surface area contributed by atoms with Gasteiger partial charge in [0.05, 0.1) is 19.4 Å². The number of anilines is 1. The number of carbonyl (C=O) groups is 2. The molecular weight excluding hydrogens is 509 g/mol. The Morgan fingerprint density at radius 2 is 1.92 bits per heavy atom. The average Bonchev–Trinajstić information content (AvgIpc) is 3.49. The second-order valence-electron chi connectivity index (χ2n) is 10.2. The van der Waals surface area contributed by atoms with Crippen LogP contribution in [0.5, 0.6) is 0 Å². The smallest absolute Gasteiger partial charge is 0.249 e. The van der Waals surface area contributed by atoms with Crippen molar-refractivity contribution < 1.29 is 9.59 Å². The van der Waals surface area contributed by atoms with Gasteiger partial charge in [0, 0.05) is 46.3 Å². The van der Waals surface area contributed by atoms with E-state index in [1.54, 1.807) is 12.4 Å². The first kappa shape index (κ1) is 26.0. The molecule has 2 aromatic carbocycles. The fourth-order valence-corrected chi connectivity index (χ4v) is 6.35. The summed E-state index contributed by atoms with van der Waals surface area (Å²) in [7, 11) is 0. The summed E-state index contributed by atoms with van der Waals surface area (Å²) in [4.78, 5) is 33.8. The Morgan fingerprint density at radius 1 is 1.11 bits per heavy atom. The van der Waals surface area contributed by atoms with Crippen molar-refractivity contribution in [1.29, 1.82) is 0 Å². The second kappa shape index (κ2) is 11.4. The molecule has 2 aliphatic heterocycles. The largest absolute Gasteiger partial charge is 0.372 e. The number of hydrogen-bond acceptors (Lipinski definition) is 5. The molecule has 0 radical (unpaired) electrons. The molecule has 3 aliphatic rings. The van der Waals surface area contributed by atoms with Crippen LogP contribution >= 0.6 is 23.2 Å². The summed E-state index contributed by atoms with van der Waals surface area (Å²) < 4.78 is 0. The van der Waals surface area contributed by atoms with Gasteiger partial charge in [-0.3, -0.25) is 19.5 Å². The Balaban J connectivity index is 1.49. The lowest BCUT2D eigenvalue weighted by molar-refractivity contribution is -0.135. The van der Waals surface area contributed by atoms with Gasteiger partial charge in [-0.1, -0.05) is 60.7 Å². The Morgan fingerprint density at radius 3 is 2.68 bits per heavy atom. The van der Waals surface area contributed by atoms with E-state index < -0.39 is 5.54 Å². The third-order valence-electron chi connectivity index (χ3n) is 7.76. The molecular formula is C28H33Cl2N5O2. The predicted octanol–water partition coefficient (Wildman–Crippen LogP) is 4.52. The molecule has 9 heteroatoms. The number of fused-ring (bicyclic) bond motifs is 1. The minimum atomic E-state index is -1.05. The van der Waals surface area contributed by atoms with E-state index in [-0.39, 0.29) is 30.4 Å². The van der Waals surface area contributed by atoms with Gasteiger partial charge in [-0.15, -0.1) is 0 Å². The summed E-state index contributed by atoms with van der Waals surface area (Å²) >= 11 is 12.7. The number of rotatable bonds is 9. The second-order valence-corrected chi connectivity index (χ2v) is 11.1. The van der Waals surface area contributed by atoms with E-state index in [1.807, 2.05) is 36.4 Å². The highest BCUT2D eigenvalue weighted by Crippen LogP contribution is 2.46. The van der Waals surface area contributed by atoms with Crippen molar-refractivity contribution >= 4 is 47.0 Å². The number of halogens is 2. The van der Waals surface area contributed by atoms with E-state index in [1.165, 1.54) is 6.42 Å². The highest BCUT2D eigenvalue weighted by molar-refractivity contribution is 6.31. The maximum Gasteiger partial charge on any atom is 0.249 e. The van der Waals surface area contributed by atoms with Crippen molar-refractivity contribution in [3.05, 3.63) is 63.6 Å². The van der Waals surface area contributed by atoms with Crippen molar-refractivity contribution in [2.45, 2.75) is 62.6 Å². The first-order valence-corrected chi connectivity index (χ1v) is 13.8. The minimum absolute atomic E-state index is 0.0785. The topological polar surface area (TPSA) is 85.8 Å². The van der Waals surface area contributed by atoms with Gasteiger partial charge < -0.3 is 16.0 Å². The molecule has 2 heterocycles. The zero-order chi connectivity index (χ0) is 25.8. The number of aliphatic imine (C=N–C) groups is 1. The van der Waals surface area contributed by atoms with E-state index in [0.717, 1.165) is 49.8 Å². The predicted molar refractivity (Wildman–Crippen MR) is 148 cm³/mol. The van der Waals surface area contributed by atoms with E-state index in [0.29, 0.717) is 28.7 Å². The van der Waals surface area contributed by atoms with Gasteiger partial charge in [0.15, 0.2) is 0 Å². The fourth-order valence-electron chi connectivity index (χ4n) is 5.96. The van der Waals surface area contributed by atoms with Crippen molar-refractivity contribution in [1.82, 2.24) is 15.5 Å². The summed E-state index contributed by atoms with van der Waals surface area (Å²) in [5.74, 6) is -0.208. The number of amides is 2. The fraction of sp³-hybridized carbons (Fsp3) is 0.464. The molecule has 196 valence electrons. The van der Waals surface area contributed by atoms with Crippen LogP contribution < -0.4 is 16.0 Å². The molecule has 2 atom stereocenters. The van der Waals surface area contributed by atoms with Crippen LogP contribution in [0.15, 0.2) is 47.5 Å². The Kier molecular flexibility index (Phi) is 8.03. The van der Waals surface area contributed by atoms with Gasteiger partial charge in [-0.25, -0.2) is 0 Å². The van der Waals surface area contributed by atoms with Crippen LogP contribution in [0, 0.1) is 0 Å². The quantitative estimate of drug-likeness (QED) is 0.435. The molecule has 0 aromatic heterocycles. The molecule has 3 N–H and O–H groups in total. The molecule has 2 unspecified atom stereocenters. The number of benzene rings is 2. The van der Waals surface area contributed by atoms with Crippen LogP contribution in [-0.2, 0) is 21.5 Å². The van der Waals surface area contributed by atoms with E-state index >= 15 is 0 Å². The molecule has 2 amide bonds. The number of nitrogens with zero attached hydrogens (tertiary/aromatic N) is 2. The SMILES string of the molecule is O=C(CN(C1CCCCC1)C1(Cc2cccc(Cl)c2)C(=O)Nc2cc(Cl)ccc21)NCCC1CN=CN1. The molecule has 1 fully saturated rings. The van der Waals surface area contributed by atoms with Crippen molar-refractivity contribution in [2.75, 3.05) is 25.0 Å². The summed E-state index contributed by atoms with van der Waals surface area (Å²) in [5, 5.41) is 10.6. The van der Waals surface area contributed by atoms with Crippen molar-refractivity contribution in [3.63, 3.8) is 0 Å². The van der Waals surface area contributed by atoms with E-state index in [4.69, 9.17) is 23.2 Å². The summed E-state index contributed by atoms with van der Waals surface area (Å²) in [6.45, 7) is 1.42. The van der Waals surface area contributed by atoms with Gasteiger partial charge in [0.25, 0.3) is 0 Å². The molecule has 0 bridgehead atoms. The lowest BCUT2D eigenvalue weighted by Gasteiger charge is -2.45. The summed E-state index contributed by atoms with van der Waals surface area (Å²) in [6, 6.07) is 13.5. The highest BCUT2D eigenvalue weighted by Gasteiger charge is 2.53. The van der Waals surface area contributed by atoms with Crippen LogP contribution in [0.25, 0.3) is 0 Å². The number of hydrogen-bond donors (Lipinski definition) is 3. The maximum absolute atomic E-state index is 14.0. The molecule has 0 saturated heterocycles. The molecule has 0 spiro atoms. The lowest BCUT2D eigenvalue weighted by atomic mass is 9.80. The average molecular weight is 543 g/mol. The first-order valence-electron chi connectivity index (χ1n) is 13.1. The van der Waals surface area contributed by atoms with Gasteiger partial charge in [0.1, 0.15) is 5.54 Å². The zero-order valence-electron chi connectivity index (χ0n) is 20.8. The van der Waals surface area contributed by atoms with Crippen molar-refractivity contribution in [3.8, 4) is 0 Å². The molecule has 5 rings (SSSR count). The third kappa shape index (κ3) is 5.64. The van der Waals surface area contributed by atoms with Crippen molar-refractivity contribution in [2.24, 2.45) is 4.99 Å². The van der Waals surface area contributed by atoms with E-state index in [9.17, 15) is 9.59 Å². The maximum atomic E-state index is 14.0. The summed E-state index contributed by atoms with van der Waals surface area (Å²) in [6.07, 6.45) is 8.16. The van der Waals surface area contributed by atoms with Crippen LogP contribution in [0.4, 0.5) is 5.69 Å². The summed E-state index contributed by atoms with van der Waals surface area (Å²) in [5.41, 5.74) is 1.45. The molecule has 1 aliphatic carbocycles. The normalized spacial score (nSPS) is 23.1. The molecule has 7 nitrogen and oxygen atoms in total. The van der Waals surface area contributed by atoms with Gasteiger partial charge in [-0.2, -0.15) is 0 Å². The van der Waals surface area contributed by atoms with Gasteiger partial charge in [0.2, 0.25) is 11.8 Å². The molecule has 1 saturated carbocycles. The van der Waals surface area contributed by atoms with Gasteiger partial charge >= 0.3 is 0 Å². The minimum Gasteiger partial charge on any atom is -0.372 e. The monoisotopic (exact) mass is 541 g/mol. The number of carbonyl (C=O) groups excluding carboxylic acids is 2. The van der Waals surface area contributed by atoms with Gasteiger partial charge in [-0.05, 0) is 49.1 Å². The number of nitrogens with one attached hydrogen (secondary N) is 3. The van der Waals surface area contributed by atoms with Crippen LogP contribution in [0.3, 0.4) is 0 Å².